The number of aromatic nitrogens is 2. The number of nitrogens with zero attached hydrogens (tertiary/aromatic N) is 2. The molecule has 2 aromatic rings. The van der Waals surface area contributed by atoms with Gasteiger partial charge in [-0.3, -0.25) is 0 Å². The number of pyridine rings is 1. The lowest BCUT2D eigenvalue weighted by Gasteiger charge is -2.15. The summed E-state index contributed by atoms with van der Waals surface area (Å²) in [5.41, 5.74) is 2.31. The molecule has 1 unspecified atom stereocenters. The topological polar surface area (TPSA) is 38.6 Å². The van der Waals surface area contributed by atoms with E-state index in [2.05, 4.69) is 23.4 Å². The Hall–Kier alpha value is -1.39. The van der Waals surface area contributed by atoms with Crippen LogP contribution in [0.4, 0.5) is 0 Å². The van der Waals surface area contributed by atoms with Crippen molar-refractivity contribution in [2.75, 3.05) is 20.3 Å². The molecule has 0 saturated heterocycles. The normalized spacial score (nSPS) is 13.1. The van der Waals surface area contributed by atoms with Crippen LogP contribution >= 0.6 is 0 Å². The fourth-order valence-corrected chi connectivity index (χ4v) is 1.89. The third-order valence-electron chi connectivity index (χ3n) is 2.62. The fourth-order valence-electron chi connectivity index (χ4n) is 1.89. The zero-order valence-electron chi connectivity index (χ0n) is 9.68. The van der Waals surface area contributed by atoms with E-state index in [9.17, 15) is 0 Å². The summed E-state index contributed by atoms with van der Waals surface area (Å²) in [5, 5.41) is 7.72. The summed E-state index contributed by atoms with van der Waals surface area (Å²) in [5.74, 6) is 0. The van der Waals surface area contributed by atoms with Gasteiger partial charge in [0.15, 0.2) is 0 Å². The zero-order chi connectivity index (χ0) is 11.4. The molecule has 0 radical (unpaired) electrons. The van der Waals surface area contributed by atoms with E-state index in [0.717, 1.165) is 12.1 Å². The predicted octanol–water partition coefficient (Wildman–Crippen LogP) is 1.63. The molecule has 0 saturated carbocycles. The van der Waals surface area contributed by atoms with Gasteiger partial charge < -0.3 is 10.1 Å². The van der Waals surface area contributed by atoms with Crippen molar-refractivity contribution in [3.8, 4) is 0 Å². The Morgan fingerprint density at radius 2 is 2.38 bits per heavy atom. The van der Waals surface area contributed by atoms with Crippen molar-refractivity contribution in [1.82, 2.24) is 14.9 Å². The molecule has 2 rings (SSSR count). The zero-order valence-corrected chi connectivity index (χ0v) is 9.68. The van der Waals surface area contributed by atoms with E-state index >= 15 is 0 Å². The Kier molecular flexibility index (Phi) is 3.54. The van der Waals surface area contributed by atoms with Crippen LogP contribution in [-0.4, -0.2) is 29.9 Å². The van der Waals surface area contributed by atoms with Crippen LogP contribution in [-0.2, 0) is 4.74 Å². The molecule has 4 nitrogen and oxygen atoms in total. The summed E-state index contributed by atoms with van der Waals surface area (Å²) >= 11 is 0. The predicted molar refractivity (Wildman–Crippen MR) is 63.5 cm³/mol. The summed E-state index contributed by atoms with van der Waals surface area (Å²) in [6.45, 7) is 3.66. The van der Waals surface area contributed by atoms with Gasteiger partial charge in [0.05, 0.1) is 24.4 Å². The van der Waals surface area contributed by atoms with Gasteiger partial charge in [0.1, 0.15) is 0 Å². The van der Waals surface area contributed by atoms with E-state index in [0.29, 0.717) is 6.61 Å². The van der Waals surface area contributed by atoms with Crippen LogP contribution in [0.1, 0.15) is 18.5 Å². The molecule has 1 N–H and O–H groups in total. The maximum Gasteiger partial charge on any atom is 0.0710 e. The lowest BCUT2D eigenvalue weighted by atomic mass is 10.1. The average molecular weight is 219 g/mol. The molecule has 0 aliphatic carbocycles. The van der Waals surface area contributed by atoms with E-state index in [1.807, 2.05) is 29.0 Å². The van der Waals surface area contributed by atoms with Crippen molar-refractivity contribution < 1.29 is 4.74 Å². The lowest BCUT2D eigenvalue weighted by molar-refractivity contribution is 0.168. The second kappa shape index (κ2) is 5.09. The molecule has 0 aliphatic heterocycles. The Bertz CT molecular complexity index is 446. The molecule has 0 fully saturated rings. The number of hydrogen-bond donors (Lipinski definition) is 1. The highest BCUT2D eigenvalue weighted by Crippen LogP contribution is 2.18. The van der Waals surface area contributed by atoms with E-state index < -0.39 is 0 Å². The summed E-state index contributed by atoms with van der Waals surface area (Å²) in [7, 11) is 1.72. The molecule has 2 aromatic heterocycles. The van der Waals surface area contributed by atoms with E-state index in [4.69, 9.17) is 4.74 Å². The van der Waals surface area contributed by atoms with Gasteiger partial charge in [-0.1, -0.05) is 13.0 Å². The van der Waals surface area contributed by atoms with Crippen LogP contribution in [0.15, 0.2) is 30.6 Å². The SMILES string of the molecule is CCNC(COC)c1cnn2ccccc12. The number of fused-ring (bicyclic) bond motifs is 1. The highest BCUT2D eigenvalue weighted by atomic mass is 16.5. The first-order valence-corrected chi connectivity index (χ1v) is 5.51. The van der Waals surface area contributed by atoms with Gasteiger partial charge in [0.25, 0.3) is 0 Å². The van der Waals surface area contributed by atoms with Crippen LogP contribution < -0.4 is 5.32 Å². The Morgan fingerprint density at radius 3 is 3.12 bits per heavy atom. The molecule has 16 heavy (non-hydrogen) atoms. The van der Waals surface area contributed by atoms with Gasteiger partial charge in [-0.25, -0.2) is 4.52 Å². The van der Waals surface area contributed by atoms with Crippen molar-refractivity contribution in [3.63, 3.8) is 0 Å². The lowest BCUT2D eigenvalue weighted by Crippen LogP contribution is -2.24. The molecule has 2 heterocycles. The second-order valence-corrected chi connectivity index (χ2v) is 3.70. The number of nitrogens with one attached hydrogen (secondary N) is 1. The highest BCUT2D eigenvalue weighted by molar-refractivity contribution is 5.54. The van der Waals surface area contributed by atoms with Crippen LogP contribution in [0, 0.1) is 0 Å². The molecule has 1 atom stereocenters. The summed E-state index contributed by atoms with van der Waals surface area (Å²) < 4.78 is 7.11. The van der Waals surface area contributed by atoms with Crippen LogP contribution in [0.25, 0.3) is 5.52 Å². The second-order valence-electron chi connectivity index (χ2n) is 3.70. The molecular weight excluding hydrogens is 202 g/mol. The minimum Gasteiger partial charge on any atom is -0.383 e. The van der Waals surface area contributed by atoms with Gasteiger partial charge in [0, 0.05) is 18.9 Å². The first-order valence-electron chi connectivity index (χ1n) is 5.51. The molecule has 0 spiro atoms. The van der Waals surface area contributed by atoms with Gasteiger partial charge in [-0.15, -0.1) is 0 Å². The Balaban J connectivity index is 2.36. The quantitative estimate of drug-likeness (QED) is 0.830. The fraction of sp³-hybridized carbons (Fsp3) is 0.417. The maximum atomic E-state index is 5.23. The number of ether oxygens (including phenoxy) is 1. The van der Waals surface area contributed by atoms with Crippen molar-refractivity contribution in [1.29, 1.82) is 0 Å². The van der Waals surface area contributed by atoms with Crippen molar-refractivity contribution >= 4 is 5.52 Å². The Morgan fingerprint density at radius 1 is 1.50 bits per heavy atom. The molecular formula is C12H17N3O. The molecule has 0 aliphatic rings. The third-order valence-corrected chi connectivity index (χ3v) is 2.62. The Labute approximate surface area is 95.2 Å². The third kappa shape index (κ3) is 2.08. The van der Waals surface area contributed by atoms with Crippen LogP contribution in [0.2, 0.25) is 0 Å². The van der Waals surface area contributed by atoms with E-state index in [1.165, 1.54) is 5.56 Å². The van der Waals surface area contributed by atoms with Crippen LogP contribution in [0.3, 0.4) is 0 Å². The largest absolute Gasteiger partial charge is 0.383 e. The van der Waals surface area contributed by atoms with Crippen LogP contribution in [0.5, 0.6) is 0 Å². The maximum absolute atomic E-state index is 5.23. The molecule has 0 aromatic carbocycles. The first kappa shape index (κ1) is 11.1. The minimum atomic E-state index is 0.204. The molecule has 4 heteroatoms. The number of likely N-dealkylation sites (N-methyl/N-ethyl adjacent to an activating group) is 1. The van der Waals surface area contributed by atoms with E-state index in [-0.39, 0.29) is 6.04 Å². The van der Waals surface area contributed by atoms with Gasteiger partial charge in [0.2, 0.25) is 0 Å². The van der Waals surface area contributed by atoms with Gasteiger partial charge in [-0.05, 0) is 18.7 Å². The van der Waals surface area contributed by atoms with Crippen molar-refractivity contribution in [2.24, 2.45) is 0 Å². The molecule has 0 bridgehead atoms. The standard InChI is InChI=1S/C12H17N3O/c1-3-13-11(9-16-2)10-8-14-15-7-5-4-6-12(10)15/h4-8,11,13H,3,9H2,1-2H3. The number of methoxy groups -OCH3 is 1. The minimum absolute atomic E-state index is 0.204. The van der Waals surface area contributed by atoms with Crippen molar-refractivity contribution in [3.05, 3.63) is 36.2 Å². The number of rotatable bonds is 5. The summed E-state index contributed by atoms with van der Waals surface area (Å²) in [6.07, 6.45) is 3.86. The van der Waals surface area contributed by atoms with Gasteiger partial charge in [-0.2, -0.15) is 5.10 Å². The average Bonchev–Trinajstić information content (AvgIpc) is 2.72. The van der Waals surface area contributed by atoms with Crippen molar-refractivity contribution in [2.45, 2.75) is 13.0 Å². The summed E-state index contributed by atoms with van der Waals surface area (Å²) in [4.78, 5) is 0. The molecule has 0 amide bonds. The van der Waals surface area contributed by atoms with E-state index in [1.54, 1.807) is 7.11 Å². The smallest absolute Gasteiger partial charge is 0.0710 e. The molecule has 86 valence electrons. The van der Waals surface area contributed by atoms with Gasteiger partial charge >= 0.3 is 0 Å². The number of hydrogen-bond acceptors (Lipinski definition) is 3. The highest BCUT2D eigenvalue weighted by Gasteiger charge is 2.14. The first-order chi connectivity index (χ1) is 7.86. The summed E-state index contributed by atoms with van der Waals surface area (Å²) in [6, 6.07) is 6.27. The monoisotopic (exact) mass is 219 g/mol.